The summed E-state index contributed by atoms with van der Waals surface area (Å²) in [5.74, 6) is 0.913. The molecule has 10 nitrogen and oxygen atoms in total. The number of nitrogens with one attached hydrogen (secondary N) is 1. The van der Waals surface area contributed by atoms with Gasteiger partial charge in [-0.05, 0) is 31.2 Å². The second kappa shape index (κ2) is 7.65. The Labute approximate surface area is 183 Å². The molecule has 0 saturated carbocycles. The van der Waals surface area contributed by atoms with E-state index in [1.807, 2.05) is 73.5 Å². The molecule has 0 aliphatic rings. The lowest BCUT2D eigenvalue weighted by atomic mass is 10.3. The van der Waals surface area contributed by atoms with E-state index in [-0.39, 0.29) is 0 Å². The van der Waals surface area contributed by atoms with E-state index in [0.29, 0.717) is 23.7 Å². The first-order valence-electron chi connectivity index (χ1n) is 10.0. The van der Waals surface area contributed by atoms with Gasteiger partial charge in [0.05, 0.1) is 24.1 Å². The summed E-state index contributed by atoms with van der Waals surface area (Å²) in [6.07, 6.45) is 7.11. The van der Waals surface area contributed by atoms with Gasteiger partial charge in [0.2, 0.25) is 0 Å². The quantitative estimate of drug-likeness (QED) is 0.429. The van der Waals surface area contributed by atoms with Crippen molar-refractivity contribution in [2.75, 3.05) is 5.32 Å². The average molecular weight is 427 g/mol. The Morgan fingerprint density at radius 1 is 1.12 bits per heavy atom. The molecule has 0 fully saturated rings. The molecule has 0 aliphatic carbocycles. The molecule has 3 N–H and O–H groups in total. The Hall–Kier alpha value is -4.47. The van der Waals surface area contributed by atoms with Gasteiger partial charge in [-0.25, -0.2) is 15.0 Å². The maximum absolute atomic E-state index is 11.8. The molecule has 0 bridgehead atoms. The van der Waals surface area contributed by atoms with Gasteiger partial charge in [-0.15, -0.1) is 0 Å². The molecule has 1 amide bonds. The van der Waals surface area contributed by atoms with Gasteiger partial charge in [-0.1, -0.05) is 6.07 Å². The summed E-state index contributed by atoms with van der Waals surface area (Å²) < 4.78 is 5.36. The highest BCUT2D eigenvalue weighted by atomic mass is 16.1. The van der Waals surface area contributed by atoms with Crippen molar-refractivity contribution in [1.82, 2.24) is 33.7 Å². The average Bonchev–Trinajstić information content (AvgIpc) is 3.49. The van der Waals surface area contributed by atoms with Gasteiger partial charge in [-0.2, -0.15) is 5.10 Å². The summed E-state index contributed by atoms with van der Waals surface area (Å²) in [6.45, 7) is 2.43. The van der Waals surface area contributed by atoms with E-state index in [2.05, 4.69) is 20.4 Å². The first-order chi connectivity index (χ1) is 15.5. The minimum atomic E-state index is -0.541. The molecule has 5 aromatic heterocycles. The van der Waals surface area contributed by atoms with Crippen molar-refractivity contribution in [3.05, 3.63) is 78.3 Å². The van der Waals surface area contributed by atoms with Crippen molar-refractivity contribution < 1.29 is 4.79 Å². The summed E-state index contributed by atoms with van der Waals surface area (Å²) in [7, 11) is 1.87. The van der Waals surface area contributed by atoms with Crippen LogP contribution in [0.5, 0.6) is 0 Å². The van der Waals surface area contributed by atoms with Crippen LogP contribution in [0.25, 0.3) is 22.9 Å². The number of fused-ring (bicyclic) bond motifs is 1. The lowest BCUT2D eigenvalue weighted by Crippen LogP contribution is -2.13. The molecule has 5 heterocycles. The molecule has 0 spiro atoms. The van der Waals surface area contributed by atoms with Crippen LogP contribution in [-0.4, -0.2) is 39.6 Å². The van der Waals surface area contributed by atoms with Crippen LogP contribution in [-0.2, 0) is 13.6 Å². The lowest BCUT2D eigenvalue weighted by Gasteiger charge is -2.09. The third-order valence-electron chi connectivity index (χ3n) is 5.06. The van der Waals surface area contributed by atoms with Crippen molar-refractivity contribution in [2.24, 2.45) is 12.8 Å². The minimum Gasteiger partial charge on any atom is -0.364 e. The van der Waals surface area contributed by atoms with Crippen molar-refractivity contribution in [3.63, 3.8) is 0 Å². The largest absolute Gasteiger partial charge is 0.364 e. The van der Waals surface area contributed by atoms with Crippen LogP contribution < -0.4 is 11.1 Å². The highest BCUT2D eigenvalue weighted by molar-refractivity contribution is 5.91. The normalized spacial score (nSPS) is 11.2. The van der Waals surface area contributed by atoms with Gasteiger partial charge < -0.3 is 11.1 Å². The van der Waals surface area contributed by atoms with Gasteiger partial charge in [0, 0.05) is 37.4 Å². The molecule has 0 aliphatic heterocycles. The van der Waals surface area contributed by atoms with Crippen LogP contribution in [0.15, 0.2) is 61.2 Å². The molecule has 5 aromatic rings. The Bertz CT molecular complexity index is 1440. The van der Waals surface area contributed by atoms with E-state index in [0.717, 1.165) is 28.6 Å². The molecular weight excluding hydrogens is 406 g/mol. The Morgan fingerprint density at radius 3 is 2.75 bits per heavy atom. The Kier molecular flexibility index (Phi) is 4.66. The smallest absolute Gasteiger partial charge is 0.267 e. The number of amides is 1. The number of nitrogens with zero attached hydrogens (tertiary/aromatic N) is 7. The van der Waals surface area contributed by atoms with Gasteiger partial charge in [-0.3, -0.25) is 18.4 Å². The molecule has 0 aromatic carbocycles. The van der Waals surface area contributed by atoms with E-state index < -0.39 is 5.91 Å². The zero-order valence-corrected chi connectivity index (χ0v) is 17.6. The number of nitrogens with two attached hydrogens (primary N) is 1. The first kappa shape index (κ1) is 19.5. The summed E-state index contributed by atoms with van der Waals surface area (Å²) in [5, 5.41) is 7.62. The third-order valence-corrected chi connectivity index (χ3v) is 5.06. The van der Waals surface area contributed by atoms with Crippen LogP contribution in [0.2, 0.25) is 0 Å². The van der Waals surface area contributed by atoms with Crippen LogP contribution >= 0.6 is 0 Å². The summed E-state index contributed by atoms with van der Waals surface area (Å²) in [4.78, 5) is 25.5. The molecule has 0 saturated heterocycles. The maximum Gasteiger partial charge on any atom is 0.267 e. The number of carbonyl (C=O) groups excluding carboxylic acids is 1. The fraction of sp³-hybridized carbons (Fsp3) is 0.136. The Balaban J connectivity index is 1.59. The number of anilines is 1. The number of aryl methyl sites for hydroxylation is 2. The van der Waals surface area contributed by atoms with Crippen molar-refractivity contribution in [2.45, 2.75) is 13.5 Å². The number of aromatic nitrogens is 7. The van der Waals surface area contributed by atoms with E-state index in [1.54, 1.807) is 9.08 Å². The van der Waals surface area contributed by atoms with Gasteiger partial charge in [0.25, 0.3) is 5.91 Å². The second-order valence-electron chi connectivity index (χ2n) is 7.44. The third kappa shape index (κ3) is 3.58. The van der Waals surface area contributed by atoms with Gasteiger partial charge in [0.1, 0.15) is 22.9 Å². The molecule has 5 rings (SSSR count). The molecular formula is C22H21N9O. The van der Waals surface area contributed by atoms with Gasteiger partial charge >= 0.3 is 0 Å². The molecule has 32 heavy (non-hydrogen) atoms. The Morgan fingerprint density at radius 2 is 2.00 bits per heavy atom. The van der Waals surface area contributed by atoms with Crippen LogP contribution in [0.3, 0.4) is 0 Å². The zero-order chi connectivity index (χ0) is 22.2. The van der Waals surface area contributed by atoms with Crippen LogP contribution in [0.4, 0.5) is 5.82 Å². The predicted octanol–water partition coefficient (Wildman–Crippen LogP) is 2.33. The predicted molar refractivity (Wildman–Crippen MR) is 119 cm³/mol. The fourth-order valence-electron chi connectivity index (χ4n) is 3.54. The maximum atomic E-state index is 11.8. The van der Waals surface area contributed by atoms with E-state index >= 15 is 0 Å². The molecule has 0 unspecified atom stereocenters. The monoisotopic (exact) mass is 427 g/mol. The number of carbonyl (C=O) groups is 1. The second-order valence-corrected chi connectivity index (χ2v) is 7.44. The summed E-state index contributed by atoms with van der Waals surface area (Å²) in [6, 6.07) is 11.5. The number of pyridine rings is 2. The summed E-state index contributed by atoms with van der Waals surface area (Å²) in [5.41, 5.74) is 9.71. The van der Waals surface area contributed by atoms with E-state index in [9.17, 15) is 4.79 Å². The molecule has 0 radical (unpaired) electrons. The standard InChI is InChI=1S/C22H21N9O/c1-14-4-3-5-17(26-14)22-27-15(10-24-19-8-9-29(2)28-19)12-30(22)16-6-7-20-25-11-18(21(23)32)31(20)13-16/h3-9,11-13H,10H2,1-2H3,(H2,23,32)(H,24,28). The van der Waals surface area contributed by atoms with E-state index in [4.69, 9.17) is 10.7 Å². The number of primary amides is 1. The summed E-state index contributed by atoms with van der Waals surface area (Å²) >= 11 is 0. The van der Waals surface area contributed by atoms with E-state index in [1.165, 1.54) is 6.20 Å². The SMILES string of the molecule is Cc1cccc(-c2nc(CNc3ccn(C)n3)cn2-c2ccc3ncc(C(N)=O)n3c2)n1. The highest BCUT2D eigenvalue weighted by Crippen LogP contribution is 2.23. The van der Waals surface area contributed by atoms with Crippen LogP contribution in [0.1, 0.15) is 21.9 Å². The van der Waals surface area contributed by atoms with Crippen LogP contribution in [0, 0.1) is 6.92 Å². The lowest BCUT2D eigenvalue weighted by molar-refractivity contribution is 0.0994. The van der Waals surface area contributed by atoms with Crippen molar-refractivity contribution >= 4 is 17.4 Å². The van der Waals surface area contributed by atoms with Gasteiger partial charge in [0.15, 0.2) is 5.82 Å². The minimum absolute atomic E-state index is 0.314. The van der Waals surface area contributed by atoms with Crippen molar-refractivity contribution in [1.29, 1.82) is 0 Å². The highest BCUT2D eigenvalue weighted by Gasteiger charge is 2.16. The first-order valence-corrected chi connectivity index (χ1v) is 10.0. The topological polar surface area (TPSA) is 121 Å². The molecule has 10 heteroatoms. The number of hydrogen-bond donors (Lipinski definition) is 2. The fourth-order valence-corrected chi connectivity index (χ4v) is 3.54. The number of rotatable bonds is 6. The van der Waals surface area contributed by atoms with Crippen molar-refractivity contribution in [3.8, 4) is 17.2 Å². The molecule has 0 atom stereocenters. The number of hydrogen-bond acceptors (Lipinski definition) is 6. The molecule has 160 valence electrons. The zero-order valence-electron chi connectivity index (χ0n) is 17.6. The number of imidazole rings is 2.